The predicted octanol–water partition coefficient (Wildman–Crippen LogP) is 3.34. The molecule has 2 saturated heterocycles. The van der Waals surface area contributed by atoms with Crippen molar-refractivity contribution < 1.29 is 13.9 Å². The Labute approximate surface area is 191 Å². The third-order valence-electron chi connectivity index (χ3n) is 6.89. The summed E-state index contributed by atoms with van der Waals surface area (Å²) in [6, 6.07) is 12.7. The van der Waals surface area contributed by atoms with Gasteiger partial charge in [0.05, 0.1) is 19.4 Å². The van der Waals surface area contributed by atoms with Crippen LogP contribution in [0.25, 0.3) is 0 Å². The highest BCUT2D eigenvalue weighted by Crippen LogP contribution is 2.35. The van der Waals surface area contributed by atoms with Crippen molar-refractivity contribution in [1.82, 2.24) is 15.5 Å². The van der Waals surface area contributed by atoms with E-state index in [9.17, 15) is 0 Å². The molecule has 174 valence electrons. The third kappa shape index (κ3) is 5.27. The van der Waals surface area contributed by atoms with Gasteiger partial charge in [-0.2, -0.15) is 0 Å². The summed E-state index contributed by atoms with van der Waals surface area (Å²) in [4.78, 5) is 7.00. The quantitative estimate of drug-likeness (QED) is 0.485. The standard InChI is InChI=1S/C25H36N4O3/c1-26-24(27-18-22(23-6-5-15-32-23)29-13-3-4-14-29)28-19-25(11-16-31-17-12-25)20-7-9-21(30-2)10-8-20/h5-10,15,22H,3-4,11-14,16-19H2,1-2H3,(H2,26,27,28). The molecule has 1 aromatic carbocycles. The molecular formula is C25H36N4O3. The summed E-state index contributed by atoms with van der Waals surface area (Å²) in [6.45, 7) is 5.33. The molecule has 2 aliphatic rings. The van der Waals surface area contributed by atoms with Gasteiger partial charge >= 0.3 is 0 Å². The van der Waals surface area contributed by atoms with Gasteiger partial charge in [-0.1, -0.05) is 12.1 Å². The van der Waals surface area contributed by atoms with E-state index in [2.05, 4.69) is 38.7 Å². The summed E-state index contributed by atoms with van der Waals surface area (Å²) in [5.74, 6) is 2.71. The van der Waals surface area contributed by atoms with Gasteiger partial charge in [0.1, 0.15) is 11.5 Å². The molecule has 0 spiro atoms. The number of ether oxygens (including phenoxy) is 2. The third-order valence-corrected chi connectivity index (χ3v) is 6.89. The second-order valence-electron chi connectivity index (χ2n) is 8.70. The van der Waals surface area contributed by atoms with Crippen molar-refractivity contribution in [3.63, 3.8) is 0 Å². The number of methoxy groups -OCH3 is 1. The molecule has 2 fully saturated rings. The molecule has 1 unspecified atom stereocenters. The van der Waals surface area contributed by atoms with Crippen LogP contribution in [0.4, 0.5) is 0 Å². The fourth-order valence-electron chi connectivity index (χ4n) is 4.88. The number of furan rings is 1. The van der Waals surface area contributed by atoms with Crippen LogP contribution in [-0.2, 0) is 10.2 Å². The van der Waals surface area contributed by atoms with E-state index in [-0.39, 0.29) is 11.5 Å². The van der Waals surface area contributed by atoms with E-state index in [0.29, 0.717) is 0 Å². The van der Waals surface area contributed by atoms with E-state index in [1.54, 1.807) is 13.4 Å². The lowest BCUT2D eigenvalue weighted by Crippen LogP contribution is -2.49. The highest BCUT2D eigenvalue weighted by atomic mass is 16.5. The van der Waals surface area contributed by atoms with E-state index in [1.165, 1.54) is 18.4 Å². The maximum atomic E-state index is 5.76. The summed E-state index contributed by atoms with van der Waals surface area (Å²) in [5, 5.41) is 7.15. The first-order valence-corrected chi connectivity index (χ1v) is 11.7. The first-order valence-electron chi connectivity index (χ1n) is 11.7. The molecular weight excluding hydrogens is 404 g/mol. The van der Waals surface area contributed by atoms with Gasteiger partial charge in [0, 0.05) is 38.8 Å². The van der Waals surface area contributed by atoms with Crippen molar-refractivity contribution in [2.45, 2.75) is 37.1 Å². The number of likely N-dealkylation sites (tertiary alicyclic amines) is 1. The molecule has 4 rings (SSSR count). The molecule has 1 atom stereocenters. The Hall–Kier alpha value is -2.51. The zero-order valence-corrected chi connectivity index (χ0v) is 19.3. The van der Waals surface area contributed by atoms with Gasteiger partial charge in [-0.25, -0.2) is 0 Å². The molecule has 3 heterocycles. The number of hydrogen-bond donors (Lipinski definition) is 2. The molecule has 7 nitrogen and oxygen atoms in total. The van der Waals surface area contributed by atoms with Gasteiger partial charge in [-0.3, -0.25) is 9.89 Å². The minimum Gasteiger partial charge on any atom is -0.497 e. The van der Waals surface area contributed by atoms with Crippen molar-refractivity contribution in [2.75, 3.05) is 53.6 Å². The molecule has 7 heteroatoms. The predicted molar refractivity (Wildman–Crippen MR) is 126 cm³/mol. The molecule has 2 N–H and O–H groups in total. The Morgan fingerprint density at radius 2 is 1.88 bits per heavy atom. The van der Waals surface area contributed by atoms with Crippen molar-refractivity contribution in [3.05, 3.63) is 54.0 Å². The largest absolute Gasteiger partial charge is 0.497 e. The van der Waals surface area contributed by atoms with Crippen LogP contribution in [0.15, 0.2) is 52.1 Å². The molecule has 0 aliphatic carbocycles. The Bertz CT molecular complexity index is 839. The van der Waals surface area contributed by atoms with E-state index >= 15 is 0 Å². The summed E-state index contributed by atoms with van der Waals surface area (Å²) in [6.07, 6.45) is 6.21. The van der Waals surface area contributed by atoms with E-state index in [1.807, 2.05) is 25.2 Å². The average Bonchev–Trinajstić information content (AvgIpc) is 3.57. The van der Waals surface area contributed by atoms with Crippen LogP contribution < -0.4 is 15.4 Å². The maximum absolute atomic E-state index is 5.76. The van der Waals surface area contributed by atoms with Gasteiger partial charge in [0.25, 0.3) is 0 Å². The molecule has 32 heavy (non-hydrogen) atoms. The monoisotopic (exact) mass is 440 g/mol. The Kier molecular flexibility index (Phi) is 7.71. The second-order valence-corrected chi connectivity index (χ2v) is 8.70. The van der Waals surface area contributed by atoms with Gasteiger partial charge < -0.3 is 24.5 Å². The van der Waals surface area contributed by atoms with Gasteiger partial charge in [0.2, 0.25) is 0 Å². The first-order chi connectivity index (χ1) is 15.7. The van der Waals surface area contributed by atoms with Crippen molar-refractivity contribution >= 4 is 5.96 Å². The number of aliphatic imine (C=N–C) groups is 1. The molecule has 0 amide bonds. The van der Waals surface area contributed by atoms with Crippen LogP contribution in [0.3, 0.4) is 0 Å². The molecule has 0 saturated carbocycles. The van der Waals surface area contributed by atoms with E-state index in [0.717, 1.165) is 69.7 Å². The number of nitrogens with zero attached hydrogens (tertiary/aromatic N) is 2. The molecule has 0 bridgehead atoms. The Balaban J connectivity index is 1.41. The number of guanidine groups is 1. The SMILES string of the molecule is CN=C(NCC(c1ccco1)N1CCCC1)NCC1(c2ccc(OC)cc2)CCOCC1. The fourth-order valence-corrected chi connectivity index (χ4v) is 4.88. The Morgan fingerprint density at radius 1 is 1.12 bits per heavy atom. The lowest BCUT2D eigenvalue weighted by Gasteiger charge is -2.38. The highest BCUT2D eigenvalue weighted by molar-refractivity contribution is 5.79. The number of hydrogen-bond acceptors (Lipinski definition) is 5. The maximum Gasteiger partial charge on any atom is 0.191 e. The lowest BCUT2D eigenvalue weighted by molar-refractivity contribution is 0.0513. The van der Waals surface area contributed by atoms with Crippen molar-refractivity contribution in [1.29, 1.82) is 0 Å². The normalized spacial score (nSPS) is 20.1. The zero-order chi connectivity index (χ0) is 22.2. The highest BCUT2D eigenvalue weighted by Gasteiger charge is 2.35. The van der Waals surface area contributed by atoms with Crippen LogP contribution in [0, 0.1) is 0 Å². The average molecular weight is 441 g/mol. The van der Waals surface area contributed by atoms with Crippen molar-refractivity contribution in [3.8, 4) is 5.75 Å². The molecule has 2 aliphatic heterocycles. The van der Waals surface area contributed by atoms with E-state index in [4.69, 9.17) is 13.9 Å². The summed E-state index contributed by atoms with van der Waals surface area (Å²) in [5.41, 5.74) is 1.33. The van der Waals surface area contributed by atoms with Crippen LogP contribution in [-0.4, -0.2) is 64.4 Å². The molecule has 1 aromatic heterocycles. The summed E-state index contributed by atoms with van der Waals surface area (Å²) in [7, 11) is 3.53. The number of rotatable bonds is 8. The van der Waals surface area contributed by atoms with Crippen molar-refractivity contribution in [2.24, 2.45) is 4.99 Å². The molecule has 0 radical (unpaired) electrons. The smallest absolute Gasteiger partial charge is 0.191 e. The zero-order valence-electron chi connectivity index (χ0n) is 19.3. The fraction of sp³-hybridized carbons (Fsp3) is 0.560. The van der Waals surface area contributed by atoms with Gasteiger partial charge in [-0.05, 0) is 68.6 Å². The first kappa shape index (κ1) is 22.7. The lowest BCUT2D eigenvalue weighted by atomic mass is 9.74. The minimum absolute atomic E-state index is 0.0114. The van der Waals surface area contributed by atoms with Crippen LogP contribution in [0.5, 0.6) is 5.75 Å². The van der Waals surface area contributed by atoms with Gasteiger partial charge in [0.15, 0.2) is 5.96 Å². The van der Waals surface area contributed by atoms with Gasteiger partial charge in [-0.15, -0.1) is 0 Å². The second kappa shape index (κ2) is 10.9. The number of nitrogens with one attached hydrogen (secondary N) is 2. The van der Waals surface area contributed by atoms with Crippen LogP contribution in [0.1, 0.15) is 43.0 Å². The van der Waals surface area contributed by atoms with Crippen LogP contribution >= 0.6 is 0 Å². The molecule has 2 aromatic rings. The number of benzene rings is 1. The van der Waals surface area contributed by atoms with E-state index < -0.39 is 0 Å². The Morgan fingerprint density at radius 3 is 2.50 bits per heavy atom. The summed E-state index contributed by atoms with van der Waals surface area (Å²) < 4.78 is 16.8. The van der Waals surface area contributed by atoms with Crippen LogP contribution in [0.2, 0.25) is 0 Å². The topological polar surface area (TPSA) is 71.3 Å². The minimum atomic E-state index is 0.0114. The summed E-state index contributed by atoms with van der Waals surface area (Å²) >= 11 is 0.